The molecule has 0 bridgehead atoms. The number of ketones is 1. The smallest absolute Gasteiger partial charge is 0.313 e. The van der Waals surface area contributed by atoms with Crippen LogP contribution in [-0.2, 0) is 41.5 Å². The van der Waals surface area contributed by atoms with Crippen molar-refractivity contribution in [2.75, 3.05) is 13.2 Å². The van der Waals surface area contributed by atoms with Crippen LogP contribution in [0, 0.1) is 17.3 Å². The molecule has 1 saturated carbocycles. The number of carbonyl (C=O) groups excluding carboxylic acids is 4. The molecule has 288 valence electrons. The summed E-state index contributed by atoms with van der Waals surface area (Å²) in [6.07, 6.45) is 12.3. The van der Waals surface area contributed by atoms with Crippen LogP contribution in [0.25, 0.3) is 10.7 Å². The molecule has 53 heavy (non-hydrogen) atoms. The topological polar surface area (TPSA) is 125 Å². The van der Waals surface area contributed by atoms with Crippen LogP contribution >= 0.6 is 11.3 Å². The van der Waals surface area contributed by atoms with Gasteiger partial charge in [0.05, 0.1) is 36.7 Å². The number of hydrogen-bond donors (Lipinski definition) is 0. The first-order valence-corrected chi connectivity index (χ1v) is 20.7. The average Bonchev–Trinajstić information content (AvgIpc) is 3.40. The Hall–Kier alpha value is -3.60. The molecule has 1 amide bonds. The second-order valence-electron chi connectivity index (χ2n) is 16.7. The highest BCUT2D eigenvalue weighted by Crippen LogP contribution is 2.57. The molecule has 4 aliphatic rings. The van der Waals surface area contributed by atoms with Gasteiger partial charge in [0.2, 0.25) is 5.91 Å². The Labute approximate surface area is 318 Å². The number of esters is 2. The van der Waals surface area contributed by atoms with Crippen LogP contribution in [0.4, 0.5) is 0 Å². The number of pyridine rings is 1. The molecular formula is C42H57N3O7S. The number of nitrogens with zero attached hydrogens (tertiary/aromatic N) is 3. The van der Waals surface area contributed by atoms with Crippen LogP contribution in [0.5, 0.6) is 5.75 Å². The molecule has 0 aromatic carbocycles. The highest BCUT2D eigenvalue weighted by molar-refractivity contribution is 7.13. The molecule has 11 heteroatoms. The van der Waals surface area contributed by atoms with Gasteiger partial charge in [-0.25, -0.2) is 9.97 Å². The summed E-state index contributed by atoms with van der Waals surface area (Å²) in [6.45, 7) is 11.9. The summed E-state index contributed by atoms with van der Waals surface area (Å²) < 4.78 is 18.0. The molecule has 2 aliphatic heterocycles. The average molecular weight is 748 g/mol. The van der Waals surface area contributed by atoms with Gasteiger partial charge in [0.25, 0.3) is 0 Å². The van der Waals surface area contributed by atoms with E-state index >= 15 is 0 Å². The first-order valence-electron chi connectivity index (χ1n) is 19.8. The van der Waals surface area contributed by atoms with Crippen LogP contribution < -0.4 is 4.74 Å². The summed E-state index contributed by atoms with van der Waals surface area (Å²) in [5, 5.41) is 2.93. The third-order valence-electron chi connectivity index (χ3n) is 11.1. The monoisotopic (exact) mass is 747 g/mol. The fraction of sp³-hybridized carbons (Fsp3) is 0.667. The van der Waals surface area contributed by atoms with E-state index in [0.717, 1.165) is 84.8 Å². The predicted molar refractivity (Wildman–Crippen MR) is 204 cm³/mol. The Balaban J connectivity index is 1.32. The molecule has 0 radical (unpaired) electrons. The maximum atomic E-state index is 14.6. The summed E-state index contributed by atoms with van der Waals surface area (Å²) >= 11 is 1.58. The number of hydrogen-bond acceptors (Lipinski definition) is 10. The van der Waals surface area contributed by atoms with Crippen molar-refractivity contribution in [3.8, 4) is 16.5 Å². The Bertz CT molecular complexity index is 1710. The van der Waals surface area contributed by atoms with Gasteiger partial charge >= 0.3 is 11.9 Å². The van der Waals surface area contributed by atoms with Crippen molar-refractivity contribution in [3.63, 3.8) is 0 Å². The zero-order chi connectivity index (χ0) is 37.9. The molecule has 2 aromatic heterocycles. The lowest BCUT2D eigenvalue weighted by atomic mass is 9.91. The summed E-state index contributed by atoms with van der Waals surface area (Å²) in [5.41, 5.74) is 2.30. The second-order valence-corrected chi connectivity index (χ2v) is 17.6. The van der Waals surface area contributed by atoms with Crippen molar-refractivity contribution in [1.29, 1.82) is 0 Å². The highest BCUT2D eigenvalue weighted by Gasteiger charge is 2.61. The number of allylic oxidation sites excluding steroid dienone is 2. The van der Waals surface area contributed by atoms with Gasteiger partial charge in [-0.15, -0.1) is 11.3 Å². The highest BCUT2D eigenvalue weighted by atomic mass is 32.1. The largest absolute Gasteiger partial charge is 0.488 e. The van der Waals surface area contributed by atoms with Gasteiger partial charge in [-0.05, 0) is 90.9 Å². The van der Waals surface area contributed by atoms with Crippen molar-refractivity contribution < 1.29 is 33.4 Å². The third kappa shape index (κ3) is 9.20. The minimum Gasteiger partial charge on any atom is -0.488 e. The Kier molecular flexibility index (Phi) is 12.1. The van der Waals surface area contributed by atoms with E-state index in [1.54, 1.807) is 23.2 Å². The molecule has 0 unspecified atom stereocenters. The Morgan fingerprint density at radius 1 is 1.08 bits per heavy atom. The van der Waals surface area contributed by atoms with E-state index in [-0.39, 0.29) is 49.6 Å². The number of carbonyl (C=O) groups is 4. The number of amides is 1. The molecule has 0 spiro atoms. The van der Waals surface area contributed by atoms with Crippen molar-refractivity contribution in [1.82, 2.24) is 14.9 Å². The van der Waals surface area contributed by atoms with Gasteiger partial charge in [-0.3, -0.25) is 19.2 Å². The van der Waals surface area contributed by atoms with Crippen LogP contribution in [-0.4, -0.2) is 69.4 Å². The zero-order valence-corrected chi connectivity index (χ0v) is 33.2. The first kappa shape index (κ1) is 39.1. The third-order valence-corrected chi connectivity index (χ3v) is 12.0. The van der Waals surface area contributed by atoms with E-state index in [0.29, 0.717) is 25.2 Å². The van der Waals surface area contributed by atoms with Crippen molar-refractivity contribution in [2.24, 2.45) is 17.3 Å². The van der Waals surface area contributed by atoms with Gasteiger partial charge in [-0.1, -0.05) is 38.8 Å². The van der Waals surface area contributed by atoms with Crippen molar-refractivity contribution >= 4 is 35.0 Å². The number of Topliss-reactive ketones (excluding diaryl/α,β-unsaturated/α-hetero) is 1. The quantitative estimate of drug-likeness (QED) is 0.195. The fourth-order valence-electron chi connectivity index (χ4n) is 8.18. The van der Waals surface area contributed by atoms with E-state index < -0.39 is 35.0 Å². The molecule has 6 rings (SSSR count). The minimum absolute atomic E-state index is 0.00419. The Morgan fingerprint density at radius 2 is 1.87 bits per heavy atom. The van der Waals surface area contributed by atoms with Gasteiger partial charge in [0.1, 0.15) is 28.2 Å². The van der Waals surface area contributed by atoms with Crippen LogP contribution in [0.2, 0.25) is 0 Å². The van der Waals surface area contributed by atoms with Crippen LogP contribution in [0.15, 0.2) is 23.6 Å². The molecule has 2 fully saturated rings. The second kappa shape index (κ2) is 16.4. The molecule has 10 nitrogen and oxygen atoms in total. The molecule has 2 aliphatic carbocycles. The lowest BCUT2D eigenvalue weighted by molar-refractivity contribution is -0.159. The standard InChI is InChI=1S/C42H57N3O7S/c1-7-50-40(49)42-22-28(42)16-12-10-8-9-11-15-27(19-37(47)52-41(4,5)6)39(48)45-24-29(20-34(45)35(46)23-42)51-36-21-32(38-44-33(25-53-38)26(2)3)43-31-18-14-13-17-30(31)36/h12,16,21,25-29,34H,7-11,13-15,17-20,22-24H2,1-6H3/b16-12-/t27-,28-,29-,34+,42-/m1/s1. The van der Waals surface area contributed by atoms with E-state index in [9.17, 15) is 19.2 Å². The van der Waals surface area contributed by atoms with Gasteiger partial charge in [0.15, 0.2) is 5.78 Å². The summed E-state index contributed by atoms with van der Waals surface area (Å²) in [5.74, 6) is -0.835. The van der Waals surface area contributed by atoms with E-state index in [1.165, 1.54) is 0 Å². The van der Waals surface area contributed by atoms with Crippen LogP contribution in [0.1, 0.15) is 135 Å². The molecule has 5 atom stereocenters. The summed E-state index contributed by atoms with van der Waals surface area (Å²) in [4.78, 5) is 67.2. The minimum atomic E-state index is -0.922. The molecule has 4 heterocycles. The maximum absolute atomic E-state index is 14.6. The van der Waals surface area contributed by atoms with Gasteiger partial charge < -0.3 is 19.1 Å². The summed E-state index contributed by atoms with van der Waals surface area (Å²) in [6, 6.07) is 1.19. The first-order chi connectivity index (χ1) is 25.3. The lowest BCUT2D eigenvalue weighted by Crippen LogP contribution is -2.45. The number of fused-ring (bicyclic) bond motifs is 3. The van der Waals surface area contributed by atoms with Crippen molar-refractivity contribution in [2.45, 2.75) is 149 Å². The predicted octanol–water partition coefficient (Wildman–Crippen LogP) is 7.95. The summed E-state index contributed by atoms with van der Waals surface area (Å²) in [7, 11) is 0. The van der Waals surface area contributed by atoms with Crippen molar-refractivity contribution in [3.05, 3.63) is 40.5 Å². The number of thiazole rings is 1. The lowest BCUT2D eigenvalue weighted by Gasteiger charge is -2.29. The molecule has 2 aromatic rings. The number of rotatable bonds is 8. The normalized spacial score (nSPS) is 27.2. The van der Waals surface area contributed by atoms with E-state index in [1.807, 2.05) is 26.8 Å². The van der Waals surface area contributed by atoms with E-state index in [2.05, 4.69) is 31.4 Å². The molecule has 0 N–H and O–H groups in total. The zero-order valence-electron chi connectivity index (χ0n) is 32.4. The Morgan fingerprint density at radius 3 is 2.60 bits per heavy atom. The number of aryl methyl sites for hydroxylation is 1. The fourth-order valence-corrected chi connectivity index (χ4v) is 9.12. The number of aromatic nitrogens is 2. The SMILES string of the molecule is CCOC(=O)[C@]12CC(=O)[C@@H]3C[C@@H](Oc4cc(-c5nc(C(C)C)cs5)nc5c4CCCC5)CN3C(=O)[C@@H](CC(=O)OC(C)(C)C)CCCCC/C=C\[C@@H]1C2. The van der Waals surface area contributed by atoms with E-state index in [4.69, 9.17) is 24.2 Å². The van der Waals surface area contributed by atoms with Crippen LogP contribution in [0.3, 0.4) is 0 Å². The molecular weight excluding hydrogens is 691 g/mol. The number of ether oxygens (including phenoxy) is 3. The molecule has 1 saturated heterocycles. The maximum Gasteiger partial charge on any atom is 0.313 e. The van der Waals surface area contributed by atoms with Gasteiger partial charge in [0, 0.05) is 41.5 Å². The van der Waals surface area contributed by atoms with Gasteiger partial charge in [-0.2, -0.15) is 0 Å².